The Balaban J connectivity index is 2.64. The zero-order valence-electron chi connectivity index (χ0n) is 9.33. The molecule has 4 nitrogen and oxygen atoms in total. The molecule has 0 saturated heterocycles. The number of hydrogen-bond donors (Lipinski definition) is 2. The third kappa shape index (κ3) is 3.81. The fourth-order valence-electron chi connectivity index (χ4n) is 1.16. The van der Waals surface area contributed by atoms with E-state index in [1.165, 1.54) is 6.20 Å². The van der Waals surface area contributed by atoms with Crippen LogP contribution in [0.3, 0.4) is 0 Å². The van der Waals surface area contributed by atoms with Crippen molar-refractivity contribution in [2.75, 3.05) is 11.9 Å². The van der Waals surface area contributed by atoms with Crippen molar-refractivity contribution in [3.63, 3.8) is 0 Å². The maximum atomic E-state index is 10.7. The maximum absolute atomic E-state index is 10.7. The summed E-state index contributed by atoms with van der Waals surface area (Å²) in [6.07, 6.45) is 2.40. The van der Waals surface area contributed by atoms with Crippen molar-refractivity contribution in [2.45, 2.75) is 20.3 Å². The van der Waals surface area contributed by atoms with Gasteiger partial charge in [0.2, 0.25) is 0 Å². The van der Waals surface area contributed by atoms with Crippen LogP contribution in [0.5, 0.6) is 0 Å². The molecule has 0 aliphatic heterocycles. The van der Waals surface area contributed by atoms with Gasteiger partial charge in [-0.25, -0.2) is 9.78 Å². The summed E-state index contributed by atoms with van der Waals surface area (Å²) in [5, 5.41) is 11.9. The predicted molar refractivity (Wildman–Crippen MR) is 66.8 cm³/mol. The van der Waals surface area contributed by atoms with Crippen LogP contribution in [0.15, 0.2) is 16.7 Å². The van der Waals surface area contributed by atoms with Crippen molar-refractivity contribution >= 4 is 27.7 Å². The highest BCUT2D eigenvalue weighted by molar-refractivity contribution is 9.10. The van der Waals surface area contributed by atoms with Gasteiger partial charge in [-0.3, -0.25) is 0 Å². The number of pyridine rings is 1. The topological polar surface area (TPSA) is 62.2 Å². The molecule has 88 valence electrons. The number of carboxylic acid groups (broad SMARTS) is 1. The van der Waals surface area contributed by atoms with Gasteiger partial charge in [-0.15, -0.1) is 0 Å². The Morgan fingerprint density at radius 3 is 2.81 bits per heavy atom. The number of nitrogens with zero attached hydrogens (tertiary/aromatic N) is 1. The molecular formula is C11H15BrN2O2. The summed E-state index contributed by atoms with van der Waals surface area (Å²) < 4.78 is 0.677. The Hall–Kier alpha value is -1.10. The quantitative estimate of drug-likeness (QED) is 0.874. The summed E-state index contributed by atoms with van der Waals surface area (Å²) in [4.78, 5) is 14.7. The molecule has 1 aromatic heterocycles. The van der Waals surface area contributed by atoms with Crippen LogP contribution in [0, 0.1) is 5.92 Å². The number of halogens is 1. The molecule has 16 heavy (non-hydrogen) atoms. The Morgan fingerprint density at radius 2 is 2.31 bits per heavy atom. The largest absolute Gasteiger partial charge is 0.478 e. The van der Waals surface area contributed by atoms with Crippen molar-refractivity contribution in [1.82, 2.24) is 4.98 Å². The number of anilines is 1. The van der Waals surface area contributed by atoms with Crippen molar-refractivity contribution < 1.29 is 9.90 Å². The molecule has 0 bridgehead atoms. The lowest BCUT2D eigenvalue weighted by Crippen LogP contribution is -2.07. The van der Waals surface area contributed by atoms with Gasteiger partial charge in [0, 0.05) is 12.7 Å². The summed E-state index contributed by atoms with van der Waals surface area (Å²) in [5.74, 6) is 0.345. The lowest BCUT2D eigenvalue weighted by atomic mass is 10.1. The van der Waals surface area contributed by atoms with Crippen LogP contribution in [0.1, 0.15) is 30.6 Å². The molecule has 0 amide bonds. The highest BCUT2D eigenvalue weighted by Gasteiger charge is 2.07. The first-order chi connectivity index (χ1) is 7.50. The summed E-state index contributed by atoms with van der Waals surface area (Å²) in [7, 11) is 0. The van der Waals surface area contributed by atoms with Crippen molar-refractivity contribution in [1.29, 1.82) is 0 Å². The van der Waals surface area contributed by atoms with Crippen LogP contribution < -0.4 is 5.32 Å². The smallest absolute Gasteiger partial charge is 0.337 e. The zero-order valence-corrected chi connectivity index (χ0v) is 10.9. The van der Waals surface area contributed by atoms with Gasteiger partial charge < -0.3 is 10.4 Å². The maximum Gasteiger partial charge on any atom is 0.337 e. The Bertz CT molecular complexity index is 380. The fourth-order valence-corrected chi connectivity index (χ4v) is 1.65. The van der Waals surface area contributed by atoms with E-state index >= 15 is 0 Å². The molecule has 1 heterocycles. The van der Waals surface area contributed by atoms with E-state index in [9.17, 15) is 4.79 Å². The molecule has 0 atom stereocenters. The number of aromatic carboxylic acids is 1. The van der Waals surface area contributed by atoms with E-state index in [1.54, 1.807) is 6.07 Å². The second-order valence-corrected chi connectivity index (χ2v) is 4.82. The molecule has 0 saturated carbocycles. The lowest BCUT2D eigenvalue weighted by Gasteiger charge is -2.09. The van der Waals surface area contributed by atoms with E-state index in [-0.39, 0.29) is 5.56 Å². The van der Waals surface area contributed by atoms with Crippen LogP contribution in [0.2, 0.25) is 0 Å². The van der Waals surface area contributed by atoms with Crippen LogP contribution in [-0.2, 0) is 0 Å². The first kappa shape index (κ1) is 13.0. The number of hydrogen-bond acceptors (Lipinski definition) is 3. The number of nitrogens with one attached hydrogen (secondary N) is 1. The van der Waals surface area contributed by atoms with Gasteiger partial charge in [0.05, 0.1) is 10.0 Å². The number of carbonyl (C=O) groups is 1. The Labute approximate surface area is 103 Å². The van der Waals surface area contributed by atoms with Crippen molar-refractivity contribution in [2.24, 2.45) is 5.92 Å². The minimum atomic E-state index is -0.970. The summed E-state index contributed by atoms with van der Waals surface area (Å²) in [6.45, 7) is 5.13. The second kappa shape index (κ2) is 5.84. The van der Waals surface area contributed by atoms with Crippen LogP contribution in [0.4, 0.5) is 5.82 Å². The molecular weight excluding hydrogens is 272 g/mol. The molecule has 2 N–H and O–H groups in total. The third-order valence-corrected chi connectivity index (χ3v) is 2.71. The van der Waals surface area contributed by atoms with Crippen LogP contribution in [-0.4, -0.2) is 22.6 Å². The van der Waals surface area contributed by atoms with E-state index in [0.717, 1.165) is 13.0 Å². The van der Waals surface area contributed by atoms with Gasteiger partial charge in [0.1, 0.15) is 5.82 Å². The van der Waals surface area contributed by atoms with E-state index in [1.807, 2.05) is 0 Å². The summed E-state index contributed by atoms with van der Waals surface area (Å²) in [6, 6.07) is 1.55. The highest BCUT2D eigenvalue weighted by Crippen LogP contribution is 2.21. The van der Waals surface area contributed by atoms with Gasteiger partial charge in [-0.2, -0.15) is 0 Å². The van der Waals surface area contributed by atoms with Crippen LogP contribution in [0.25, 0.3) is 0 Å². The minimum Gasteiger partial charge on any atom is -0.478 e. The van der Waals surface area contributed by atoms with Gasteiger partial charge in [0.15, 0.2) is 0 Å². The molecule has 0 aromatic carbocycles. The van der Waals surface area contributed by atoms with E-state index < -0.39 is 5.97 Å². The molecule has 0 fully saturated rings. The minimum absolute atomic E-state index is 0.182. The molecule has 1 aromatic rings. The molecule has 0 aliphatic rings. The van der Waals surface area contributed by atoms with Gasteiger partial charge >= 0.3 is 5.97 Å². The first-order valence-corrected chi connectivity index (χ1v) is 5.92. The number of carboxylic acids is 1. The molecule has 0 radical (unpaired) electrons. The SMILES string of the molecule is CC(C)CCNc1ncc(C(=O)O)cc1Br. The second-order valence-electron chi connectivity index (χ2n) is 3.97. The standard InChI is InChI=1S/C11H15BrN2O2/c1-7(2)3-4-13-10-9(12)5-8(6-14-10)11(15)16/h5-7H,3-4H2,1-2H3,(H,13,14)(H,15,16). The molecule has 1 rings (SSSR count). The Kier molecular flexibility index (Phi) is 4.73. The molecule has 0 spiro atoms. The van der Waals surface area contributed by atoms with Crippen molar-refractivity contribution in [3.8, 4) is 0 Å². The number of aromatic nitrogens is 1. The Morgan fingerprint density at radius 1 is 1.62 bits per heavy atom. The first-order valence-electron chi connectivity index (χ1n) is 5.13. The highest BCUT2D eigenvalue weighted by atomic mass is 79.9. The summed E-state index contributed by atoms with van der Waals surface area (Å²) in [5.41, 5.74) is 0.182. The monoisotopic (exact) mass is 286 g/mol. The van der Waals surface area contributed by atoms with Gasteiger partial charge in [-0.1, -0.05) is 13.8 Å². The average Bonchev–Trinajstić information content (AvgIpc) is 2.19. The van der Waals surface area contributed by atoms with E-state index in [0.29, 0.717) is 16.2 Å². The number of rotatable bonds is 5. The third-order valence-electron chi connectivity index (χ3n) is 2.10. The van der Waals surface area contributed by atoms with Gasteiger partial charge in [-0.05, 0) is 34.3 Å². The molecule has 0 unspecified atom stereocenters. The van der Waals surface area contributed by atoms with Gasteiger partial charge in [0.25, 0.3) is 0 Å². The van der Waals surface area contributed by atoms with Crippen LogP contribution >= 0.6 is 15.9 Å². The average molecular weight is 287 g/mol. The molecule has 0 aliphatic carbocycles. The van der Waals surface area contributed by atoms with E-state index in [2.05, 4.69) is 40.1 Å². The van der Waals surface area contributed by atoms with Crippen molar-refractivity contribution in [3.05, 3.63) is 22.3 Å². The zero-order chi connectivity index (χ0) is 12.1. The molecule has 5 heteroatoms. The van der Waals surface area contributed by atoms with E-state index in [4.69, 9.17) is 5.11 Å². The lowest BCUT2D eigenvalue weighted by molar-refractivity contribution is 0.0696. The predicted octanol–water partition coefficient (Wildman–Crippen LogP) is 3.00. The normalized spacial score (nSPS) is 10.5. The summed E-state index contributed by atoms with van der Waals surface area (Å²) >= 11 is 3.29. The fraction of sp³-hybridized carbons (Fsp3) is 0.455.